The van der Waals surface area contributed by atoms with Crippen molar-refractivity contribution < 1.29 is 28.2 Å². The van der Waals surface area contributed by atoms with E-state index >= 15 is 0 Å². The zero-order chi connectivity index (χ0) is 28.6. The fraction of sp³-hybridized carbons (Fsp3) is 0.438. The van der Waals surface area contributed by atoms with E-state index in [1.165, 1.54) is 24.3 Å². The minimum Gasteiger partial charge on any atom is -0.460 e. The molecule has 4 nitrogen and oxygen atoms in total. The number of ketones is 1. The second-order valence-electron chi connectivity index (χ2n) is 11.3. The predicted molar refractivity (Wildman–Crippen MR) is 147 cm³/mol. The van der Waals surface area contributed by atoms with Crippen LogP contribution in [-0.2, 0) is 14.3 Å². The highest BCUT2D eigenvalue weighted by molar-refractivity contribution is 5.96. The maximum Gasteiger partial charge on any atom is 0.313 e. The first kappa shape index (κ1) is 31.1. The van der Waals surface area contributed by atoms with Crippen molar-refractivity contribution in [1.82, 2.24) is 0 Å². The Balaban J connectivity index is 2.54. The van der Waals surface area contributed by atoms with Crippen molar-refractivity contribution in [3.8, 4) is 0 Å². The lowest BCUT2D eigenvalue weighted by molar-refractivity contribution is -0.156. The van der Waals surface area contributed by atoms with Crippen LogP contribution in [0.4, 0.5) is 8.78 Å². The van der Waals surface area contributed by atoms with E-state index in [-0.39, 0.29) is 35.8 Å². The van der Waals surface area contributed by atoms with Gasteiger partial charge in [0.05, 0.1) is 6.10 Å². The molecule has 1 unspecified atom stereocenters. The van der Waals surface area contributed by atoms with Crippen LogP contribution in [-0.4, -0.2) is 28.6 Å². The summed E-state index contributed by atoms with van der Waals surface area (Å²) in [5, 5.41) is 10.7. The average Bonchev–Trinajstić information content (AvgIpc) is 2.77. The number of halogens is 2. The van der Waals surface area contributed by atoms with E-state index in [1.54, 1.807) is 57.2 Å². The quantitative estimate of drug-likeness (QED) is 0.190. The van der Waals surface area contributed by atoms with E-state index in [4.69, 9.17) is 4.74 Å². The molecule has 0 saturated carbocycles. The summed E-state index contributed by atoms with van der Waals surface area (Å²) in [7, 11) is 0. The molecule has 1 atom stereocenters. The lowest BCUT2D eigenvalue weighted by Gasteiger charge is -2.29. The molecular weight excluding hydrogens is 486 g/mol. The Hall–Kier alpha value is -3.12. The standard InChI is InChI=1S/C32H40F2O4/c1-20(2)30(21(3)4)28(17-16-26(35)18-27(36)19-29(37)38-32(5,6)7)31(22-8-12-24(33)13-9-22)23-10-14-25(34)15-11-23/h8-17,20-21,26,30,35H,18-19H2,1-7H3/b17-16+. The molecule has 0 saturated heterocycles. The molecule has 206 valence electrons. The number of aliphatic hydroxyl groups is 1. The smallest absolute Gasteiger partial charge is 0.313 e. The average molecular weight is 527 g/mol. The van der Waals surface area contributed by atoms with Gasteiger partial charge in [-0.05, 0) is 85.1 Å². The van der Waals surface area contributed by atoms with Gasteiger partial charge in [-0.25, -0.2) is 8.78 Å². The minimum absolute atomic E-state index is 0.0287. The molecule has 1 N–H and O–H groups in total. The van der Waals surface area contributed by atoms with Gasteiger partial charge in [0.2, 0.25) is 0 Å². The molecule has 2 aromatic carbocycles. The maximum absolute atomic E-state index is 13.8. The van der Waals surface area contributed by atoms with Crippen molar-refractivity contribution >= 4 is 17.3 Å². The first-order valence-electron chi connectivity index (χ1n) is 13.0. The number of allylic oxidation sites excluding steroid dienone is 2. The molecule has 0 aliphatic heterocycles. The number of hydrogen-bond donors (Lipinski definition) is 1. The maximum atomic E-state index is 13.8. The number of esters is 1. The molecule has 0 aromatic heterocycles. The molecule has 0 spiro atoms. The van der Waals surface area contributed by atoms with Crippen LogP contribution >= 0.6 is 0 Å². The minimum atomic E-state index is -1.12. The largest absolute Gasteiger partial charge is 0.460 e. The molecule has 2 aromatic rings. The second kappa shape index (κ2) is 13.6. The number of Topliss-reactive ketones (excluding diaryl/α,β-unsaturated/α-hetero) is 1. The van der Waals surface area contributed by atoms with Gasteiger partial charge in [0, 0.05) is 6.42 Å². The molecule has 0 radical (unpaired) electrons. The molecule has 0 heterocycles. The van der Waals surface area contributed by atoms with Gasteiger partial charge >= 0.3 is 5.97 Å². The van der Waals surface area contributed by atoms with Crippen molar-refractivity contribution in [3.63, 3.8) is 0 Å². The van der Waals surface area contributed by atoms with Crippen LogP contribution in [0.3, 0.4) is 0 Å². The van der Waals surface area contributed by atoms with E-state index in [1.807, 2.05) is 0 Å². The summed E-state index contributed by atoms with van der Waals surface area (Å²) in [5.74, 6) is -1.36. The van der Waals surface area contributed by atoms with Gasteiger partial charge < -0.3 is 9.84 Å². The van der Waals surface area contributed by atoms with E-state index in [2.05, 4.69) is 27.7 Å². The lowest BCUT2D eigenvalue weighted by atomic mass is 9.75. The molecule has 0 fully saturated rings. The predicted octanol–water partition coefficient (Wildman–Crippen LogP) is 7.30. The first-order valence-corrected chi connectivity index (χ1v) is 13.0. The summed E-state index contributed by atoms with van der Waals surface area (Å²) >= 11 is 0. The number of carbonyl (C=O) groups is 2. The molecule has 0 aliphatic rings. The monoisotopic (exact) mass is 526 g/mol. The summed E-state index contributed by atoms with van der Waals surface area (Å²) < 4.78 is 32.8. The summed E-state index contributed by atoms with van der Waals surface area (Å²) in [6.45, 7) is 13.6. The van der Waals surface area contributed by atoms with Gasteiger partial charge in [-0.15, -0.1) is 0 Å². The highest BCUT2D eigenvalue weighted by Crippen LogP contribution is 2.38. The van der Waals surface area contributed by atoms with E-state index in [0.717, 1.165) is 22.3 Å². The van der Waals surface area contributed by atoms with Gasteiger partial charge in [-0.2, -0.15) is 0 Å². The van der Waals surface area contributed by atoms with E-state index in [0.29, 0.717) is 0 Å². The van der Waals surface area contributed by atoms with Crippen molar-refractivity contribution in [2.45, 2.75) is 73.0 Å². The third-order valence-electron chi connectivity index (χ3n) is 6.05. The topological polar surface area (TPSA) is 63.6 Å². The van der Waals surface area contributed by atoms with Crippen molar-refractivity contribution in [2.75, 3.05) is 0 Å². The molecule has 2 rings (SSSR count). The first-order chi connectivity index (χ1) is 17.7. The molecule has 0 aliphatic carbocycles. The zero-order valence-corrected chi connectivity index (χ0v) is 23.4. The molecular formula is C32H40F2O4. The Labute approximate surface area is 225 Å². The highest BCUT2D eigenvalue weighted by Gasteiger charge is 2.26. The second-order valence-corrected chi connectivity index (χ2v) is 11.3. The molecule has 0 amide bonds. The number of aliphatic hydroxyl groups excluding tert-OH is 1. The molecule has 6 heteroatoms. The third kappa shape index (κ3) is 9.64. The third-order valence-corrected chi connectivity index (χ3v) is 6.05. The summed E-state index contributed by atoms with van der Waals surface area (Å²) in [6, 6.07) is 12.2. The van der Waals surface area contributed by atoms with Gasteiger partial charge in [0.25, 0.3) is 0 Å². The van der Waals surface area contributed by atoms with Crippen LogP contribution in [0.2, 0.25) is 0 Å². The summed E-state index contributed by atoms with van der Waals surface area (Å²) in [4.78, 5) is 24.4. The van der Waals surface area contributed by atoms with Crippen molar-refractivity contribution in [1.29, 1.82) is 0 Å². The lowest BCUT2D eigenvalue weighted by Crippen LogP contribution is -2.26. The number of carbonyl (C=O) groups excluding carboxylic acids is 2. The van der Waals surface area contributed by atoms with Crippen LogP contribution in [0.5, 0.6) is 0 Å². The van der Waals surface area contributed by atoms with Crippen LogP contribution < -0.4 is 0 Å². The normalized spacial score (nSPS) is 12.9. The van der Waals surface area contributed by atoms with Crippen LogP contribution in [0.15, 0.2) is 66.3 Å². The molecule has 0 bridgehead atoms. The zero-order valence-electron chi connectivity index (χ0n) is 23.4. The SMILES string of the molecule is CC(C)C(C(/C=C/C(O)CC(=O)CC(=O)OC(C)(C)C)=C(c1ccc(F)cc1)c1ccc(F)cc1)C(C)C. The van der Waals surface area contributed by atoms with Gasteiger partial charge in [0.15, 0.2) is 0 Å². The fourth-order valence-corrected chi connectivity index (χ4v) is 4.71. The van der Waals surface area contributed by atoms with E-state index < -0.39 is 29.9 Å². The fourth-order valence-electron chi connectivity index (χ4n) is 4.71. The van der Waals surface area contributed by atoms with Crippen LogP contribution in [0, 0.1) is 29.4 Å². The van der Waals surface area contributed by atoms with Gasteiger partial charge in [0.1, 0.15) is 29.4 Å². The Kier molecular flexibility index (Phi) is 11.1. The van der Waals surface area contributed by atoms with Crippen LogP contribution in [0.25, 0.3) is 5.57 Å². The van der Waals surface area contributed by atoms with Gasteiger partial charge in [-0.3, -0.25) is 9.59 Å². The Morgan fingerprint density at radius 3 is 1.71 bits per heavy atom. The Morgan fingerprint density at radius 2 is 1.32 bits per heavy atom. The summed E-state index contributed by atoms with van der Waals surface area (Å²) in [5.41, 5.74) is 2.47. The Bertz CT molecular complexity index is 1080. The van der Waals surface area contributed by atoms with E-state index in [9.17, 15) is 23.5 Å². The molecule has 38 heavy (non-hydrogen) atoms. The number of hydrogen-bond acceptors (Lipinski definition) is 4. The Morgan fingerprint density at radius 1 is 0.868 bits per heavy atom. The van der Waals surface area contributed by atoms with Crippen molar-refractivity contribution in [2.24, 2.45) is 17.8 Å². The summed E-state index contributed by atoms with van der Waals surface area (Å²) in [6.07, 6.45) is 1.58. The highest BCUT2D eigenvalue weighted by atomic mass is 19.1. The van der Waals surface area contributed by atoms with Gasteiger partial charge in [-0.1, -0.05) is 64.1 Å². The van der Waals surface area contributed by atoms with Crippen LogP contribution in [0.1, 0.15) is 72.4 Å². The number of rotatable bonds is 11. The van der Waals surface area contributed by atoms with Crippen molar-refractivity contribution in [3.05, 3.63) is 89.0 Å². The number of benzene rings is 2. The number of ether oxygens (including phenoxy) is 1.